The number of hydrogen-bond acceptors (Lipinski definition) is 6. The molecule has 2 fully saturated rings. The van der Waals surface area contributed by atoms with Crippen LogP contribution in [-0.4, -0.2) is 63.3 Å². The summed E-state index contributed by atoms with van der Waals surface area (Å²) in [4.78, 5) is 45.8. The molecule has 0 saturated carbocycles. The number of thiazole rings is 1. The van der Waals surface area contributed by atoms with Gasteiger partial charge in [-0.2, -0.15) is 0 Å². The van der Waals surface area contributed by atoms with Crippen molar-refractivity contribution in [3.63, 3.8) is 0 Å². The Bertz CT molecular complexity index is 876. The van der Waals surface area contributed by atoms with Gasteiger partial charge in [-0.05, 0) is 45.4 Å². The van der Waals surface area contributed by atoms with Crippen molar-refractivity contribution in [2.24, 2.45) is 0 Å². The molecule has 2 saturated heterocycles. The van der Waals surface area contributed by atoms with E-state index in [-0.39, 0.29) is 18.6 Å². The maximum absolute atomic E-state index is 12.5. The number of carbonyl (C=O) groups excluding carboxylic acids is 3. The molecular formula is C19H22N4O3S. The molecule has 4 amide bonds. The standard InChI is InChI=1S/C19H22N4O3S/c1-12(2)23-18(25)17(24)22(19(23)26)11-21-9-5-6-13(10-21)16-20-14-7-3-4-8-15(14)27-16/h3-4,7-8,12-13H,5-6,9-11H2,1-2H3/t13-/m1/s1. The van der Waals surface area contributed by atoms with E-state index < -0.39 is 17.8 Å². The quantitative estimate of drug-likeness (QED) is 0.597. The first-order valence-electron chi connectivity index (χ1n) is 9.22. The third-order valence-electron chi connectivity index (χ3n) is 5.11. The van der Waals surface area contributed by atoms with Crippen LogP contribution in [0.3, 0.4) is 0 Å². The van der Waals surface area contributed by atoms with Crippen LogP contribution in [0.15, 0.2) is 24.3 Å². The fourth-order valence-corrected chi connectivity index (χ4v) is 4.85. The molecular weight excluding hydrogens is 364 g/mol. The Morgan fingerprint density at radius 3 is 2.67 bits per heavy atom. The molecule has 142 valence electrons. The van der Waals surface area contributed by atoms with Crippen LogP contribution in [0.5, 0.6) is 0 Å². The fraction of sp³-hybridized carbons (Fsp3) is 0.474. The second-order valence-electron chi connectivity index (χ2n) is 7.36. The summed E-state index contributed by atoms with van der Waals surface area (Å²) in [5.74, 6) is -1.17. The summed E-state index contributed by atoms with van der Waals surface area (Å²) in [5, 5.41) is 1.10. The average Bonchev–Trinajstić information content (AvgIpc) is 3.17. The maximum atomic E-state index is 12.5. The molecule has 1 atom stereocenters. The lowest BCUT2D eigenvalue weighted by atomic mass is 9.99. The van der Waals surface area contributed by atoms with E-state index in [1.807, 2.05) is 18.2 Å². The van der Waals surface area contributed by atoms with E-state index in [2.05, 4.69) is 11.0 Å². The number of benzene rings is 1. The van der Waals surface area contributed by atoms with Gasteiger partial charge in [0.25, 0.3) is 0 Å². The van der Waals surface area contributed by atoms with Crippen LogP contribution in [-0.2, 0) is 9.59 Å². The second kappa shape index (κ2) is 7.01. The van der Waals surface area contributed by atoms with Crippen molar-refractivity contribution in [1.82, 2.24) is 19.7 Å². The van der Waals surface area contributed by atoms with Gasteiger partial charge in [-0.25, -0.2) is 14.7 Å². The lowest BCUT2D eigenvalue weighted by Gasteiger charge is -2.33. The number of fused-ring (bicyclic) bond motifs is 1. The van der Waals surface area contributed by atoms with E-state index in [1.54, 1.807) is 25.2 Å². The highest BCUT2D eigenvalue weighted by Gasteiger charge is 2.46. The number of rotatable bonds is 4. The minimum absolute atomic E-state index is 0.161. The van der Waals surface area contributed by atoms with Crippen molar-refractivity contribution in [3.05, 3.63) is 29.3 Å². The third kappa shape index (κ3) is 3.23. The predicted molar refractivity (Wildman–Crippen MR) is 102 cm³/mol. The van der Waals surface area contributed by atoms with Crippen LogP contribution in [0.25, 0.3) is 10.2 Å². The number of carbonyl (C=O) groups is 3. The lowest BCUT2D eigenvalue weighted by Crippen LogP contribution is -2.46. The highest BCUT2D eigenvalue weighted by Crippen LogP contribution is 2.33. The second-order valence-corrected chi connectivity index (χ2v) is 8.42. The number of hydrogen-bond donors (Lipinski definition) is 0. The number of aromatic nitrogens is 1. The molecule has 0 unspecified atom stereocenters. The van der Waals surface area contributed by atoms with Crippen molar-refractivity contribution in [3.8, 4) is 0 Å². The Hall–Kier alpha value is -2.32. The zero-order valence-electron chi connectivity index (χ0n) is 15.4. The molecule has 2 aliphatic heterocycles. The number of piperidine rings is 1. The summed E-state index contributed by atoms with van der Waals surface area (Å²) in [6.45, 7) is 5.16. The number of urea groups is 1. The van der Waals surface area contributed by atoms with Gasteiger partial charge >= 0.3 is 17.8 Å². The summed E-state index contributed by atoms with van der Waals surface area (Å²) >= 11 is 1.71. The number of nitrogens with zero attached hydrogens (tertiary/aromatic N) is 4. The van der Waals surface area contributed by atoms with Crippen molar-refractivity contribution in [1.29, 1.82) is 0 Å². The van der Waals surface area contributed by atoms with Crippen LogP contribution in [0.4, 0.5) is 4.79 Å². The first-order chi connectivity index (χ1) is 13.0. The topological polar surface area (TPSA) is 73.8 Å². The summed E-state index contributed by atoms with van der Waals surface area (Å²) < 4.78 is 1.17. The van der Waals surface area contributed by atoms with E-state index in [0.29, 0.717) is 0 Å². The Labute approximate surface area is 161 Å². The smallest absolute Gasteiger partial charge is 0.285 e. The molecule has 1 aromatic heterocycles. The van der Waals surface area contributed by atoms with Gasteiger partial charge < -0.3 is 0 Å². The molecule has 0 bridgehead atoms. The van der Waals surface area contributed by atoms with Gasteiger partial charge in [0.15, 0.2) is 0 Å². The zero-order chi connectivity index (χ0) is 19.1. The predicted octanol–water partition coefficient (Wildman–Crippen LogP) is 2.63. The minimum atomic E-state index is -0.727. The zero-order valence-corrected chi connectivity index (χ0v) is 16.2. The fourth-order valence-electron chi connectivity index (χ4n) is 3.75. The SMILES string of the molecule is CC(C)N1C(=O)C(=O)N(CN2CCC[C@@H](c3nc4ccccc4s3)C2)C1=O. The van der Waals surface area contributed by atoms with E-state index >= 15 is 0 Å². The summed E-state index contributed by atoms with van der Waals surface area (Å²) in [6.07, 6.45) is 2.01. The van der Waals surface area contributed by atoms with Crippen LogP contribution in [0, 0.1) is 0 Å². The summed E-state index contributed by atoms with van der Waals surface area (Å²) in [5.41, 5.74) is 1.01. The van der Waals surface area contributed by atoms with Crippen LogP contribution < -0.4 is 0 Å². The molecule has 27 heavy (non-hydrogen) atoms. The van der Waals surface area contributed by atoms with Gasteiger partial charge in [0.05, 0.1) is 21.9 Å². The van der Waals surface area contributed by atoms with E-state index in [9.17, 15) is 14.4 Å². The van der Waals surface area contributed by atoms with E-state index in [0.717, 1.165) is 46.3 Å². The van der Waals surface area contributed by atoms with Crippen LogP contribution >= 0.6 is 11.3 Å². The van der Waals surface area contributed by atoms with Gasteiger partial charge in [-0.1, -0.05) is 12.1 Å². The number of imide groups is 2. The number of likely N-dealkylation sites (tertiary alicyclic amines) is 1. The van der Waals surface area contributed by atoms with E-state index in [4.69, 9.17) is 4.98 Å². The largest absolute Gasteiger partial charge is 0.335 e. The lowest BCUT2D eigenvalue weighted by molar-refractivity contribution is -0.144. The first-order valence-corrected chi connectivity index (χ1v) is 10.0. The Kier molecular flexibility index (Phi) is 4.69. The van der Waals surface area contributed by atoms with Crippen molar-refractivity contribution in [2.75, 3.05) is 19.8 Å². The van der Waals surface area contributed by atoms with Crippen molar-refractivity contribution in [2.45, 2.75) is 38.6 Å². The van der Waals surface area contributed by atoms with Gasteiger partial charge in [0, 0.05) is 18.5 Å². The molecule has 2 aromatic rings. The van der Waals surface area contributed by atoms with Crippen molar-refractivity contribution < 1.29 is 14.4 Å². The Morgan fingerprint density at radius 1 is 1.19 bits per heavy atom. The van der Waals surface area contributed by atoms with Crippen LogP contribution in [0.2, 0.25) is 0 Å². The van der Waals surface area contributed by atoms with Gasteiger partial charge in [-0.3, -0.25) is 19.4 Å². The highest BCUT2D eigenvalue weighted by molar-refractivity contribution is 7.18. The average molecular weight is 386 g/mol. The molecule has 4 rings (SSSR count). The molecule has 8 heteroatoms. The van der Waals surface area contributed by atoms with E-state index in [1.165, 1.54) is 4.70 Å². The maximum Gasteiger partial charge on any atom is 0.335 e. The molecule has 0 radical (unpaired) electrons. The Morgan fingerprint density at radius 2 is 1.96 bits per heavy atom. The number of para-hydroxylation sites is 1. The Balaban J connectivity index is 1.48. The van der Waals surface area contributed by atoms with Gasteiger partial charge in [0.2, 0.25) is 0 Å². The summed E-state index contributed by atoms with van der Waals surface area (Å²) in [7, 11) is 0. The molecule has 0 N–H and O–H groups in total. The normalized spacial score (nSPS) is 21.9. The number of amides is 4. The molecule has 0 aliphatic carbocycles. The third-order valence-corrected chi connectivity index (χ3v) is 6.31. The van der Waals surface area contributed by atoms with Gasteiger partial charge in [-0.15, -0.1) is 11.3 Å². The van der Waals surface area contributed by atoms with Gasteiger partial charge in [0.1, 0.15) is 0 Å². The first kappa shape index (κ1) is 18.1. The minimum Gasteiger partial charge on any atom is -0.285 e. The molecule has 7 nitrogen and oxygen atoms in total. The van der Waals surface area contributed by atoms with Crippen molar-refractivity contribution >= 4 is 39.4 Å². The molecule has 2 aliphatic rings. The monoisotopic (exact) mass is 386 g/mol. The summed E-state index contributed by atoms with van der Waals surface area (Å²) in [6, 6.07) is 7.26. The molecule has 0 spiro atoms. The molecule has 1 aromatic carbocycles. The highest BCUT2D eigenvalue weighted by atomic mass is 32.1. The van der Waals surface area contributed by atoms with Crippen LogP contribution in [0.1, 0.15) is 37.6 Å². The molecule has 3 heterocycles.